The summed E-state index contributed by atoms with van der Waals surface area (Å²) < 4.78 is 32.9. The van der Waals surface area contributed by atoms with E-state index in [9.17, 15) is 13.6 Å². The molecular weight excluding hydrogens is 440 g/mol. The Morgan fingerprint density at radius 2 is 2.09 bits per heavy atom. The number of hydrogen-bond acceptors (Lipinski definition) is 6. The normalized spacial score (nSPS) is 18.7. The molecule has 0 bridgehead atoms. The van der Waals surface area contributed by atoms with Gasteiger partial charge in [0.2, 0.25) is 5.91 Å². The highest BCUT2D eigenvalue weighted by Crippen LogP contribution is 2.25. The summed E-state index contributed by atoms with van der Waals surface area (Å²) >= 11 is 0. The number of carbonyl (C=O) groups excluding carboxylic acids is 1. The molecule has 0 saturated heterocycles. The summed E-state index contributed by atoms with van der Waals surface area (Å²) in [6.07, 6.45) is 4.86. The molecule has 34 heavy (non-hydrogen) atoms. The number of hydrogen-bond donors (Lipinski definition) is 4. The van der Waals surface area contributed by atoms with Crippen LogP contribution in [-0.4, -0.2) is 62.3 Å². The predicted molar refractivity (Wildman–Crippen MR) is 131 cm³/mol. The lowest BCUT2D eigenvalue weighted by Crippen LogP contribution is -2.50. The minimum atomic E-state index is -0.548. The van der Waals surface area contributed by atoms with Gasteiger partial charge in [0.25, 0.3) is 0 Å². The summed E-state index contributed by atoms with van der Waals surface area (Å²) in [7, 11) is 3.58. The third-order valence-electron chi connectivity index (χ3n) is 6.28. The minimum absolute atomic E-state index is 0.0668. The Kier molecular flexibility index (Phi) is 11.2. The number of aryl methyl sites for hydroxylation is 1. The zero-order valence-corrected chi connectivity index (χ0v) is 21.1. The van der Waals surface area contributed by atoms with Crippen LogP contribution in [0.3, 0.4) is 0 Å². The van der Waals surface area contributed by atoms with E-state index in [1.807, 2.05) is 18.9 Å². The van der Waals surface area contributed by atoms with E-state index < -0.39 is 17.7 Å². The number of carbonyl (C=O) groups is 1. The fraction of sp³-hybridized carbons (Fsp3) is 0.640. The maximum absolute atomic E-state index is 14.3. The number of fused-ring (bicyclic) bond motifs is 1. The van der Waals surface area contributed by atoms with E-state index in [0.29, 0.717) is 43.4 Å². The number of nitrogens with one attached hydrogen (secondary N) is 3. The van der Waals surface area contributed by atoms with E-state index >= 15 is 0 Å². The van der Waals surface area contributed by atoms with E-state index in [2.05, 4.69) is 29.8 Å². The van der Waals surface area contributed by atoms with Crippen LogP contribution in [0.15, 0.2) is 24.2 Å². The first-order chi connectivity index (χ1) is 16.1. The van der Waals surface area contributed by atoms with Crippen molar-refractivity contribution in [2.24, 2.45) is 5.73 Å². The van der Waals surface area contributed by atoms with Gasteiger partial charge in [-0.1, -0.05) is 13.3 Å². The van der Waals surface area contributed by atoms with E-state index in [1.165, 1.54) is 6.07 Å². The van der Waals surface area contributed by atoms with E-state index in [1.54, 1.807) is 13.3 Å². The van der Waals surface area contributed by atoms with Gasteiger partial charge in [0.15, 0.2) is 0 Å². The van der Waals surface area contributed by atoms with Crippen molar-refractivity contribution in [3.8, 4) is 0 Å². The van der Waals surface area contributed by atoms with Gasteiger partial charge < -0.3 is 31.3 Å². The van der Waals surface area contributed by atoms with E-state index in [4.69, 9.17) is 10.5 Å². The van der Waals surface area contributed by atoms with E-state index in [0.717, 1.165) is 19.0 Å². The minimum Gasteiger partial charge on any atom is -0.384 e. The zero-order chi connectivity index (χ0) is 25.3. The van der Waals surface area contributed by atoms with Crippen molar-refractivity contribution in [2.75, 3.05) is 27.3 Å². The van der Waals surface area contributed by atoms with Crippen LogP contribution in [0.2, 0.25) is 0 Å². The highest BCUT2D eigenvalue weighted by molar-refractivity contribution is 5.83. The Hall–Kier alpha value is -2.23. The number of amides is 1. The molecule has 0 aromatic heterocycles. The van der Waals surface area contributed by atoms with Crippen molar-refractivity contribution < 1.29 is 18.3 Å². The van der Waals surface area contributed by atoms with Gasteiger partial charge in [0.1, 0.15) is 17.5 Å². The highest BCUT2D eigenvalue weighted by Gasteiger charge is 2.27. The Morgan fingerprint density at radius 3 is 2.76 bits per heavy atom. The summed E-state index contributed by atoms with van der Waals surface area (Å²) in [5, 5.41) is 9.56. The second kappa shape index (κ2) is 13.6. The Labute approximate surface area is 202 Å². The molecule has 9 heteroatoms. The molecule has 0 spiro atoms. The van der Waals surface area contributed by atoms with Crippen LogP contribution in [0.4, 0.5) is 8.78 Å². The third-order valence-corrected chi connectivity index (χ3v) is 6.28. The van der Waals surface area contributed by atoms with Crippen LogP contribution in [0, 0.1) is 11.6 Å². The van der Waals surface area contributed by atoms with Crippen LogP contribution in [0.5, 0.6) is 0 Å². The standard InChI is InChI=1S/C25H41F2N5O2/c1-6-7-23(30-20-9-8-18-10-19(26)11-22(27)21(18)12-20)25(33)31-24(28)14-32(4)17(3)13-29-16(2)15-34-5/h10-11,14,16-17,20,23,29-30H,6-9,12-13,15,28H2,1-5H3,(H,31,33)/b24-14+/t16?,17-,20?,23-/m0/s1. The van der Waals surface area contributed by atoms with Gasteiger partial charge in [-0.3, -0.25) is 4.79 Å². The van der Waals surface area contributed by atoms with Crippen LogP contribution in [0.1, 0.15) is 51.2 Å². The highest BCUT2D eigenvalue weighted by atomic mass is 19.1. The predicted octanol–water partition coefficient (Wildman–Crippen LogP) is 2.40. The molecule has 2 unspecified atom stereocenters. The monoisotopic (exact) mass is 481 g/mol. The SMILES string of the molecule is CCC[C@H](NC1CCc2cc(F)cc(F)c2C1)C(=O)N/C(N)=C/N(C)[C@@H](C)CNC(C)COC. The molecule has 0 radical (unpaired) electrons. The van der Waals surface area contributed by atoms with Crippen molar-refractivity contribution in [1.29, 1.82) is 0 Å². The first-order valence-corrected chi connectivity index (χ1v) is 12.1. The molecule has 0 fully saturated rings. The summed E-state index contributed by atoms with van der Waals surface area (Å²) in [4.78, 5) is 14.9. The molecule has 5 N–H and O–H groups in total. The quantitative estimate of drug-likeness (QED) is 0.346. The van der Waals surface area contributed by atoms with Gasteiger partial charge in [0, 0.05) is 51.1 Å². The fourth-order valence-electron chi connectivity index (χ4n) is 4.23. The largest absolute Gasteiger partial charge is 0.384 e. The van der Waals surface area contributed by atoms with Crippen LogP contribution < -0.4 is 21.7 Å². The van der Waals surface area contributed by atoms with Crippen molar-refractivity contribution in [3.63, 3.8) is 0 Å². The van der Waals surface area contributed by atoms with Crippen molar-refractivity contribution in [2.45, 2.75) is 77.0 Å². The van der Waals surface area contributed by atoms with Gasteiger partial charge in [-0.15, -0.1) is 0 Å². The number of nitrogens with two attached hydrogens (primary N) is 1. The second-order valence-electron chi connectivity index (χ2n) is 9.33. The van der Waals surface area contributed by atoms with Gasteiger partial charge in [0.05, 0.1) is 12.6 Å². The lowest BCUT2D eigenvalue weighted by Gasteiger charge is -2.30. The molecule has 1 aliphatic carbocycles. The number of benzene rings is 1. The second-order valence-corrected chi connectivity index (χ2v) is 9.33. The molecular formula is C25H41F2N5O2. The Balaban J connectivity index is 1.93. The zero-order valence-electron chi connectivity index (χ0n) is 21.1. The smallest absolute Gasteiger partial charge is 0.242 e. The number of ether oxygens (including phenoxy) is 1. The number of likely N-dealkylation sites (N-methyl/N-ethyl adjacent to an activating group) is 1. The number of nitrogens with zero attached hydrogens (tertiary/aromatic N) is 1. The Morgan fingerprint density at radius 1 is 1.35 bits per heavy atom. The molecule has 1 aliphatic rings. The molecule has 0 saturated carbocycles. The van der Waals surface area contributed by atoms with Crippen LogP contribution >= 0.6 is 0 Å². The van der Waals surface area contributed by atoms with Crippen molar-refractivity contribution in [3.05, 3.63) is 46.9 Å². The van der Waals surface area contributed by atoms with Gasteiger partial charge in [-0.2, -0.15) is 0 Å². The molecule has 1 aromatic rings. The summed E-state index contributed by atoms with van der Waals surface area (Å²) in [6, 6.07) is 2.20. The average Bonchev–Trinajstić information content (AvgIpc) is 2.77. The molecule has 1 amide bonds. The molecule has 192 valence electrons. The molecule has 0 aliphatic heterocycles. The molecule has 7 nitrogen and oxygen atoms in total. The molecule has 2 rings (SSSR count). The van der Waals surface area contributed by atoms with Crippen molar-refractivity contribution >= 4 is 5.91 Å². The van der Waals surface area contributed by atoms with Crippen LogP contribution in [0.25, 0.3) is 0 Å². The van der Waals surface area contributed by atoms with Gasteiger partial charge in [-0.05, 0) is 56.7 Å². The Bertz CT molecular complexity index is 836. The summed E-state index contributed by atoms with van der Waals surface area (Å²) in [5.41, 5.74) is 7.36. The lowest BCUT2D eigenvalue weighted by molar-refractivity contribution is -0.122. The number of methoxy groups -OCH3 is 1. The first kappa shape index (κ1) is 28.0. The van der Waals surface area contributed by atoms with E-state index in [-0.39, 0.29) is 29.9 Å². The molecule has 1 aromatic carbocycles. The number of rotatable bonds is 13. The maximum atomic E-state index is 14.3. The first-order valence-electron chi connectivity index (χ1n) is 12.1. The lowest BCUT2D eigenvalue weighted by atomic mass is 9.87. The average molecular weight is 482 g/mol. The van der Waals surface area contributed by atoms with Gasteiger partial charge in [-0.25, -0.2) is 8.78 Å². The molecule has 4 atom stereocenters. The number of halogens is 2. The topological polar surface area (TPSA) is 91.7 Å². The van der Waals surface area contributed by atoms with Crippen molar-refractivity contribution in [1.82, 2.24) is 20.9 Å². The summed E-state index contributed by atoms with van der Waals surface area (Å²) in [6.45, 7) is 7.49. The maximum Gasteiger partial charge on any atom is 0.242 e. The molecule has 0 heterocycles. The third kappa shape index (κ3) is 8.52. The van der Waals surface area contributed by atoms with Gasteiger partial charge >= 0.3 is 0 Å². The fourth-order valence-corrected chi connectivity index (χ4v) is 4.23. The summed E-state index contributed by atoms with van der Waals surface area (Å²) in [5.74, 6) is -1.02. The van der Waals surface area contributed by atoms with Crippen LogP contribution in [-0.2, 0) is 22.4 Å².